The van der Waals surface area contributed by atoms with Crippen molar-refractivity contribution in [1.29, 1.82) is 0 Å². The summed E-state index contributed by atoms with van der Waals surface area (Å²) in [7, 11) is 0. The van der Waals surface area contributed by atoms with E-state index < -0.39 is 0 Å². The molecule has 0 amide bonds. The number of rotatable bonds is 4. The highest BCUT2D eigenvalue weighted by Crippen LogP contribution is 2.22. The van der Waals surface area contributed by atoms with Gasteiger partial charge in [0, 0.05) is 5.56 Å². The van der Waals surface area contributed by atoms with Crippen LogP contribution in [-0.2, 0) is 13.0 Å². The van der Waals surface area contributed by atoms with Gasteiger partial charge in [0.2, 0.25) is 0 Å². The van der Waals surface area contributed by atoms with E-state index in [4.69, 9.17) is 0 Å². The maximum absolute atomic E-state index is 4.59. The summed E-state index contributed by atoms with van der Waals surface area (Å²) >= 11 is 0. The van der Waals surface area contributed by atoms with Crippen molar-refractivity contribution in [2.24, 2.45) is 5.92 Å². The van der Waals surface area contributed by atoms with E-state index in [9.17, 15) is 0 Å². The van der Waals surface area contributed by atoms with Gasteiger partial charge in [-0.1, -0.05) is 43.7 Å². The molecule has 96 valence electrons. The third-order valence-corrected chi connectivity index (χ3v) is 2.93. The third kappa shape index (κ3) is 2.78. The molecule has 3 nitrogen and oxygen atoms in total. The van der Waals surface area contributed by atoms with Crippen LogP contribution in [0.3, 0.4) is 0 Å². The van der Waals surface area contributed by atoms with Crippen LogP contribution in [-0.4, -0.2) is 15.0 Å². The normalized spacial score (nSPS) is 11.2. The van der Waals surface area contributed by atoms with Crippen molar-refractivity contribution in [2.75, 3.05) is 0 Å². The van der Waals surface area contributed by atoms with Crippen molar-refractivity contribution in [1.82, 2.24) is 15.0 Å². The van der Waals surface area contributed by atoms with Crippen LogP contribution in [0.1, 0.15) is 32.0 Å². The summed E-state index contributed by atoms with van der Waals surface area (Å²) < 4.78 is 0. The van der Waals surface area contributed by atoms with Gasteiger partial charge in [-0.3, -0.25) is 0 Å². The SMILES string of the molecule is CCn1nc(CC(C)C)c(-c2ccc(C)cc2)n1. The second kappa shape index (κ2) is 5.34. The van der Waals surface area contributed by atoms with E-state index in [1.165, 1.54) is 5.56 Å². The minimum absolute atomic E-state index is 0.594. The van der Waals surface area contributed by atoms with Crippen LogP contribution >= 0.6 is 0 Å². The summed E-state index contributed by atoms with van der Waals surface area (Å²) in [5.74, 6) is 0.594. The predicted octanol–water partition coefficient (Wildman–Crippen LogP) is 3.47. The standard InChI is InChI=1S/C15H21N3/c1-5-18-16-14(10-11(2)3)15(17-18)13-8-6-12(4)7-9-13/h6-9,11H,5,10H2,1-4H3. The summed E-state index contributed by atoms with van der Waals surface area (Å²) in [5.41, 5.74) is 4.57. The quantitative estimate of drug-likeness (QED) is 0.823. The highest BCUT2D eigenvalue weighted by Gasteiger charge is 2.13. The van der Waals surface area contributed by atoms with Crippen LogP contribution in [0.25, 0.3) is 11.3 Å². The molecule has 2 aromatic rings. The summed E-state index contributed by atoms with van der Waals surface area (Å²) in [4.78, 5) is 1.78. The summed E-state index contributed by atoms with van der Waals surface area (Å²) in [6.07, 6.45) is 0.975. The molecule has 3 heteroatoms. The van der Waals surface area contributed by atoms with Crippen molar-refractivity contribution >= 4 is 0 Å². The summed E-state index contributed by atoms with van der Waals surface area (Å²) in [6.45, 7) is 9.41. The number of aromatic nitrogens is 3. The van der Waals surface area contributed by atoms with Gasteiger partial charge in [0.25, 0.3) is 0 Å². The maximum atomic E-state index is 4.59. The first-order chi connectivity index (χ1) is 8.60. The molecule has 0 saturated carbocycles. The van der Waals surface area contributed by atoms with Gasteiger partial charge in [0.05, 0.1) is 12.2 Å². The Kier molecular flexibility index (Phi) is 3.80. The van der Waals surface area contributed by atoms with Crippen molar-refractivity contribution in [3.63, 3.8) is 0 Å². The molecule has 1 heterocycles. The minimum atomic E-state index is 0.594. The molecule has 1 aromatic heterocycles. The highest BCUT2D eigenvalue weighted by atomic mass is 15.5. The van der Waals surface area contributed by atoms with Gasteiger partial charge in [0.1, 0.15) is 5.69 Å². The van der Waals surface area contributed by atoms with Gasteiger partial charge in [0.15, 0.2) is 0 Å². The van der Waals surface area contributed by atoms with Crippen LogP contribution in [0.5, 0.6) is 0 Å². The molecule has 0 bridgehead atoms. The molecule has 2 rings (SSSR count). The first kappa shape index (κ1) is 12.8. The van der Waals surface area contributed by atoms with E-state index in [1.807, 2.05) is 0 Å². The lowest BCUT2D eigenvalue weighted by molar-refractivity contribution is 0.553. The molecule has 0 spiro atoms. The third-order valence-electron chi connectivity index (χ3n) is 2.93. The summed E-state index contributed by atoms with van der Waals surface area (Å²) in [6, 6.07) is 8.51. The van der Waals surface area contributed by atoms with Crippen LogP contribution in [0.2, 0.25) is 0 Å². The maximum Gasteiger partial charge on any atom is 0.116 e. The number of hydrogen-bond acceptors (Lipinski definition) is 2. The predicted molar refractivity (Wildman–Crippen MR) is 74.4 cm³/mol. The van der Waals surface area contributed by atoms with E-state index in [0.717, 1.165) is 29.9 Å². The molecule has 0 aliphatic carbocycles. The molecule has 0 radical (unpaired) electrons. The number of aryl methyl sites for hydroxylation is 2. The van der Waals surface area contributed by atoms with Crippen molar-refractivity contribution in [2.45, 2.75) is 40.7 Å². The zero-order valence-electron chi connectivity index (χ0n) is 11.6. The van der Waals surface area contributed by atoms with Gasteiger partial charge < -0.3 is 0 Å². The largest absolute Gasteiger partial charge is 0.184 e. The average Bonchev–Trinajstić information content (AvgIpc) is 2.72. The Balaban J connectivity index is 2.41. The van der Waals surface area contributed by atoms with Crippen LogP contribution in [0.4, 0.5) is 0 Å². The van der Waals surface area contributed by atoms with E-state index in [-0.39, 0.29) is 0 Å². The Morgan fingerprint density at radius 3 is 2.33 bits per heavy atom. The second-order valence-corrected chi connectivity index (χ2v) is 5.15. The lowest BCUT2D eigenvalue weighted by Crippen LogP contribution is -2.00. The first-order valence-corrected chi connectivity index (χ1v) is 6.61. The van der Waals surface area contributed by atoms with Gasteiger partial charge >= 0.3 is 0 Å². The second-order valence-electron chi connectivity index (χ2n) is 5.15. The van der Waals surface area contributed by atoms with E-state index in [0.29, 0.717) is 5.92 Å². The fraction of sp³-hybridized carbons (Fsp3) is 0.467. The average molecular weight is 243 g/mol. The Labute approximate surface area is 109 Å². The first-order valence-electron chi connectivity index (χ1n) is 6.61. The topological polar surface area (TPSA) is 30.7 Å². The van der Waals surface area contributed by atoms with Gasteiger partial charge in [-0.2, -0.15) is 15.0 Å². The fourth-order valence-corrected chi connectivity index (χ4v) is 1.98. The molecular formula is C15H21N3. The van der Waals surface area contributed by atoms with E-state index in [2.05, 4.69) is 62.2 Å². The van der Waals surface area contributed by atoms with Crippen LogP contribution in [0.15, 0.2) is 24.3 Å². The van der Waals surface area contributed by atoms with Crippen molar-refractivity contribution in [3.05, 3.63) is 35.5 Å². The van der Waals surface area contributed by atoms with Gasteiger partial charge in [-0.25, -0.2) is 0 Å². The van der Waals surface area contributed by atoms with Gasteiger partial charge in [-0.05, 0) is 26.2 Å². The molecule has 0 saturated heterocycles. The molecule has 0 unspecified atom stereocenters. The molecule has 0 aliphatic rings. The monoisotopic (exact) mass is 243 g/mol. The van der Waals surface area contributed by atoms with E-state index in [1.54, 1.807) is 4.80 Å². The Hall–Kier alpha value is -1.64. The molecule has 0 fully saturated rings. The summed E-state index contributed by atoms with van der Waals surface area (Å²) in [5, 5.41) is 9.16. The molecule has 0 aliphatic heterocycles. The smallest absolute Gasteiger partial charge is 0.116 e. The number of benzene rings is 1. The Morgan fingerprint density at radius 2 is 1.78 bits per heavy atom. The Bertz CT molecular complexity index is 509. The van der Waals surface area contributed by atoms with Crippen molar-refractivity contribution in [3.8, 4) is 11.3 Å². The molecular weight excluding hydrogens is 222 g/mol. The Morgan fingerprint density at radius 1 is 1.11 bits per heavy atom. The highest BCUT2D eigenvalue weighted by molar-refractivity contribution is 5.61. The van der Waals surface area contributed by atoms with Crippen molar-refractivity contribution < 1.29 is 0 Å². The lowest BCUT2D eigenvalue weighted by Gasteiger charge is -2.03. The zero-order chi connectivity index (χ0) is 13.1. The minimum Gasteiger partial charge on any atom is -0.184 e. The van der Waals surface area contributed by atoms with Gasteiger partial charge in [-0.15, -0.1) is 0 Å². The van der Waals surface area contributed by atoms with Crippen LogP contribution in [0, 0.1) is 12.8 Å². The molecule has 0 atom stereocenters. The number of hydrogen-bond donors (Lipinski definition) is 0. The molecule has 18 heavy (non-hydrogen) atoms. The molecule has 0 N–H and O–H groups in total. The molecule has 1 aromatic carbocycles. The lowest BCUT2D eigenvalue weighted by atomic mass is 10.0. The number of nitrogens with zero attached hydrogens (tertiary/aromatic N) is 3. The van der Waals surface area contributed by atoms with E-state index >= 15 is 0 Å². The zero-order valence-corrected chi connectivity index (χ0v) is 11.6. The fourth-order valence-electron chi connectivity index (χ4n) is 1.98. The van der Waals surface area contributed by atoms with Crippen LogP contribution < -0.4 is 0 Å².